The molecule has 0 aliphatic heterocycles. The van der Waals surface area contributed by atoms with Crippen molar-refractivity contribution in [3.63, 3.8) is 0 Å². The van der Waals surface area contributed by atoms with Gasteiger partial charge in [0.2, 0.25) is 5.91 Å². The molecule has 0 radical (unpaired) electrons. The van der Waals surface area contributed by atoms with Gasteiger partial charge in [0.25, 0.3) is 0 Å². The van der Waals surface area contributed by atoms with Crippen molar-refractivity contribution < 1.29 is 4.79 Å². The van der Waals surface area contributed by atoms with Crippen molar-refractivity contribution in [1.82, 2.24) is 5.32 Å². The van der Waals surface area contributed by atoms with E-state index < -0.39 is 0 Å². The van der Waals surface area contributed by atoms with Crippen LogP contribution in [0.4, 0.5) is 5.69 Å². The lowest BCUT2D eigenvalue weighted by Gasteiger charge is -2.06. The summed E-state index contributed by atoms with van der Waals surface area (Å²) in [5.41, 5.74) is 3.33. The molecule has 1 aromatic carbocycles. The molecule has 3 nitrogen and oxygen atoms in total. The van der Waals surface area contributed by atoms with Gasteiger partial charge in [0.1, 0.15) is 0 Å². The Bertz CT molecular complexity index is 551. The van der Waals surface area contributed by atoms with Crippen LogP contribution in [0.5, 0.6) is 0 Å². The van der Waals surface area contributed by atoms with Gasteiger partial charge in [0.15, 0.2) is 0 Å². The first-order valence-corrected chi connectivity index (χ1v) is 7.61. The number of halogens is 1. The summed E-state index contributed by atoms with van der Waals surface area (Å²) in [6, 6.07) is 10.1. The molecule has 0 saturated heterocycles. The van der Waals surface area contributed by atoms with Crippen LogP contribution in [0.1, 0.15) is 11.1 Å². The Morgan fingerprint density at radius 2 is 2.00 bits per heavy atom. The van der Waals surface area contributed by atoms with Crippen molar-refractivity contribution in [1.29, 1.82) is 0 Å². The van der Waals surface area contributed by atoms with Crippen molar-refractivity contribution in [3.8, 4) is 0 Å². The van der Waals surface area contributed by atoms with Gasteiger partial charge in [-0.3, -0.25) is 4.79 Å². The Balaban J connectivity index is 1.89. The number of rotatable bonds is 5. The minimum atomic E-state index is 0.0313. The molecular formula is C14H15BrN2OS. The van der Waals surface area contributed by atoms with Crippen molar-refractivity contribution >= 4 is 38.9 Å². The predicted molar refractivity (Wildman–Crippen MR) is 83.6 cm³/mol. The lowest BCUT2D eigenvalue weighted by Crippen LogP contribution is -2.19. The van der Waals surface area contributed by atoms with Crippen LogP contribution in [0.2, 0.25) is 0 Å². The molecule has 1 amide bonds. The van der Waals surface area contributed by atoms with Crippen LogP contribution >= 0.6 is 27.3 Å². The van der Waals surface area contributed by atoms with Gasteiger partial charge in [0, 0.05) is 19.3 Å². The number of hydrogen-bond donors (Lipinski definition) is 2. The topological polar surface area (TPSA) is 41.1 Å². The average Bonchev–Trinajstić information content (AvgIpc) is 2.83. The molecule has 0 spiro atoms. The molecule has 1 heterocycles. The van der Waals surface area contributed by atoms with Gasteiger partial charge in [0.05, 0.1) is 10.2 Å². The van der Waals surface area contributed by atoms with E-state index in [1.807, 2.05) is 24.3 Å². The van der Waals surface area contributed by atoms with Crippen LogP contribution in [0, 0.1) is 0 Å². The molecule has 2 N–H and O–H groups in total. The van der Waals surface area contributed by atoms with Crippen LogP contribution in [-0.2, 0) is 17.8 Å². The second-order valence-corrected chi connectivity index (χ2v) is 6.45. The summed E-state index contributed by atoms with van der Waals surface area (Å²) in [5, 5.41) is 8.10. The molecule has 1 aromatic heterocycles. The number of hydrogen-bond acceptors (Lipinski definition) is 3. The van der Waals surface area contributed by atoms with Gasteiger partial charge in [-0.15, -0.1) is 11.3 Å². The Morgan fingerprint density at radius 3 is 2.58 bits per heavy atom. The molecule has 2 aromatic rings. The fourth-order valence-electron chi connectivity index (χ4n) is 1.66. The summed E-state index contributed by atoms with van der Waals surface area (Å²) in [5.74, 6) is 0.0313. The molecule has 0 unspecified atom stereocenters. The molecule has 0 fully saturated rings. The zero-order chi connectivity index (χ0) is 13.7. The van der Waals surface area contributed by atoms with Crippen LogP contribution in [-0.4, -0.2) is 13.0 Å². The highest BCUT2D eigenvalue weighted by molar-refractivity contribution is 9.11. The van der Waals surface area contributed by atoms with Crippen LogP contribution in [0.15, 0.2) is 39.5 Å². The quantitative estimate of drug-likeness (QED) is 0.877. The minimum absolute atomic E-state index is 0.0313. The lowest BCUT2D eigenvalue weighted by atomic mass is 10.1. The van der Waals surface area contributed by atoms with Gasteiger partial charge in [-0.1, -0.05) is 12.1 Å². The number of nitrogens with one attached hydrogen (secondary N) is 2. The average molecular weight is 339 g/mol. The van der Waals surface area contributed by atoms with Crippen molar-refractivity contribution in [2.24, 2.45) is 0 Å². The predicted octanol–water partition coefficient (Wildman–Crippen LogP) is 3.41. The SMILES string of the molecule is CNC(=O)Cc1ccc(NCc2csc(Br)c2)cc1. The van der Waals surface area contributed by atoms with Crippen molar-refractivity contribution in [2.45, 2.75) is 13.0 Å². The van der Waals surface area contributed by atoms with Gasteiger partial charge < -0.3 is 10.6 Å². The Labute approximate surface area is 125 Å². The van der Waals surface area contributed by atoms with Gasteiger partial charge in [-0.25, -0.2) is 0 Å². The van der Waals surface area contributed by atoms with E-state index >= 15 is 0 Å². The van der Waals surface area contributed by atoms with E-state index in [-0.39, 0.29) is 5.91 Å². The molecule has 0 saturated carbocycles. The number of anilines is 1. The third-order valence-electron chi connectivity index (χ3n) is 2.72. The van der Waals surface area contributed by atoms with E-state index in [0.29, 0.717) is 6.42 Å². The highest BCUT2D eigenvalue weighted by atomic mass is 79.9. The number of thiophene rings is 1. The second kappa shape index (κ2) is 6.73. The van der Waals surface area contributed by atoms with E-state index in [2.05, 4.69) is 38.0 Å². The summed E-state index contributed by atoms with van der Waals surface area (Å²) in [6.07, 6.45) is 0.425. The van der Waals surface area contributed by atoms with Crippen LogP contribution < -0.4 is 10.6 Å². The maximum atomic E-state index is 11.2. The summed E-state index contributed by atoms with van der Waals surface area (Å²) < 4.78 is 1.14. The minimum Gasteiger partial charge on any atom is -0.381 e. The van der Waals surface area contributed by atoms with Crippen LogP contribution in [0.3, 0.4) is 0 Å². The molecule has 0 atom stereocenters. The Kier molecular flexibility index (Phi) is 4.99. The largest absolute Gasteiger partial charge is 0.381 e. The van der Waals surface area contributed by atoms with E-state index in [9.17, 15) is 4.79 Å². The summed E-state index contributed by atoms with van der Waals surface area (Å²) in [7, 11) is 1.65. The maximum absolute atomic E-state index is 11.2. The third-order valence-corrected chi connectivity index (χ3v) is 4.27. The molecule has 0 bridgehead atoms. The third kappa shape index (κ3) is 4.36. The van der Waals surface area contributed by atoms with Crippen molar-refractivity contribution in [2.75, 3.05) is 12.4 Å². The first kappa shape index (κ1) is 14.1. The van der Waals surface area contributed by atoms with Crippen molar-refractivity contribution in [3.05, 3.63) is 50.6 Å². The van der Waals surface area contributed by atoms with E-state index in [0.717, 1.165) is 21.6 Å². The van der Waals surface area contributed by atoms with Gasteiger partial charge in [-0.05, 0) is 50.6 Å². The number of carbonyl (C=O) groups excluding carboxylic acids is 1. The smallest absolute Gasteiger partial charge is 0.224 e. The number of amides is 1. The van der Waals surface area contributed by atoms with Gasteiger partial charge in [-0.2, -0.15) is 0 Å². The van der Waals surface area contributed by atoms with E-state index in [1.165, 1.54) is 5.56 Å². The van der Waals surface area contributed by atoms with E-state index in [4.69, 9.17) is 0 Å². The Hall–Kier alpha value is -1.33. The number of likely N-dealkylation sites (N-methyl/N-ethyl adjacent to an activating group) is 1. The van der Waals surface area contributed by atoms with E-state index in [1.54, 1.807) is 18.4 Å². The maximum Gasteiger partial charge on any atom is 0.224 e. The second-order valence-electron chi connectivity index (χ2n) is 4.16. The summed E-state index contributed by atoms with van der Waals surface area (Å²) >= 11 is 5.13. The normalized spacial score (nSPS) is 10.2. The number of carbonyl (C=O) groups is 1. The molecule has 19 heavy (non-hydrogen) atoms. The zero-order valence-corrected chi connectivity index (χ0v) is 13.0. The zero-order valence-electron chi connectivity index (χ0n) is 10.6. The molecule has 2 rings (SSSR count). The molecule has 0 aliphatic rings. The monoisotopic (exact) mass is 338 g/mol. The Morgan fingerprint density at radius 1 is 1.26 bits per heavy atom. The first-order valence-electron chi connectivity index (χ1n) is 5.93. The highest BCUT2D eigenvalue weighted by Crippen LogP contribution is 2.21. The molecule has 5 heteroatoms. The first-order chi connectivity index (χ1) is 9.17. The molecular weight excluding hydrogens is 324 g/mol. The van der Waals surface area contributed by atoms with Gasteiger partial charge >= 0.3 is 0 Å². The fraction of sp³-hybridized carbons (Fsp3) is 0.214. The lowest BCUT2D eigenvalue weighted by molar-refractivity contribution is -0.119. The summed E-state index contributed by atoms with van der Waals surface area (Å²) in [4.78, 5) is 11.2. The fourth-order valence-corrected chi connectivity index (χ4v) is 2.87. The summed E-state index contributed by atoms with van der Waals surface area (Å²) in [6.45, 7) is 0.802. The molecule has 0 aliphatic carbocycles. The molecule has 100 valence electrons. The highest BCUT2D eigenvalue weighted by Gasteiger charge is 2.01. The van der Waals surface area contributed by atoms with Crippen LogP contribution in [0.25, 0.3) is 0 Å². The number of benzene rings is 1. The standard InChI is InChI=1S/C14H15BrN2OS/c1-16-14(18)7-10-2-4-12(5-3-10)17-8-11-6-13(15)19-9-11/h2-6,9,17H,7-8H2,1H3,(H,16,18).